The summed E-state index contributed by atoms with van der Waals surface area (Å²) in [7, 11) is 1.64. The molecule has 0 bridgehead atoms. The van der Waals surface area contributed by atoms with E-state index in [1.54, 1.807) is 7.11 Å². The molecule has 1 atom stereocenters. The fourth-order valence-electron chi connectivity index (χ4n) is 3.95. The molecular weight excluding hydrogens is 398 g/mol. The minimum atomic E-state index is -0.0826. The number of aromatic nitrogens is 4. The van der Waals surface area contributed by atoms with Crippen molar-refractivity contribution in [3.63, 3.8) is 0 Å². The highest BCUT2D eigenvalue weighted by Gasteiger charge is 2.35. The minimum Gasteiger partial charge on any atom is -0.497 e. The first-order valence-corrected chi connectivity index (χ1v) is 10.7. The van der Waals surface area contributed by atoms with Crippen molar-refractivity contribution in [3.05, 3.63) is 65.1 Å². The van der Waals surface area contributed by atoms with E-state index in [-0.39, 0.29) is 11.9 Å². The largest absolute Gasteiger partial charge is 0.497 e. The highest BCUT2D eigenvalue weighted by atomic mass is 32.1. The molecule has 0 spiro atoms. The number of amides is 1. The molecule has 0 radical (unpaired) electrons. The van der Waals surface area contributed by atoms with Crippen molar-refractivity contribution in [2.75, 3.05) is 13.7 Å². The topological polar surface area (TPSA) is 72.6 Å². The van der Waals surface area contributed by atoms with Gasteiger partial charge in [-0.05, 0) is 56.2 Å². The number of nitrogens with zero attached hydrogens (tertiary/aromatic N) is 5. The van der Waals surface area contributed by atoms with Crippen LogP contribution in [0.15, 0.2) is 48.7 Å². The van der Waals surface area contributed by atoms with Gasteiger partial charge in [-0.1, -0.05) is 6.07 Å². The van der Waals surface area contributed by atoms with Crippen molar-refractivity contribution in [1.29, 1.82) is 0 Å². The second kappa shape index (κ2) is 7.53. The molecule has 4 heterocycles. The Morgan fingerprint density at radius 1 is 1.17 bits per heavy atom. The minimum absolute atomic E-state index is 0.0138. The Morgan fingerprint density at radius 2 is 2.00 bits per heavy atom. The molecular formula is C22H21N5O2S. The maximum Gasteiger partial charge on any atom is 0.266 e. The number of carbonyl (C=O) groups is 1. The summed E-state index contributed by atoms with van der Waals surface area (Å²) in [6.45, 7) is 2.61. The molecule has 1 aliphatic rings. The molecule has 0 unspecified atom stereocenters. The normalized spacial score (nSPS) is 16.3. The second-order valence-corrected chi connectivity index (χ2v) is 8.30. The van der Waals surface area contributed by atoms with Gasteiger partial charge in [0.25, 0.3) is 5.91 Å². The van der Waals surface area contributed by atoms with Crippen molar-refractivity contribution in [2.45, 2.75) is 25.8 Å². The summed E-state index contributed by atoms with van der Waals surface area (Å²) in [4.78, 5) is 20.7. The maximum atomic E-state index is 13.5. The van der Waals surface area contributed by atoms with Crippen LogP contribution in [0.2, 0.25) is 0 Å². The SMILES string of the molecule is COc1ccc(-c2nc(C)c(C(=O)N3CCC[C@@H]3c3nnc4ccccn34)s2)cc1. The van der Waals surface area contributed by atoms with Gasteiger partial charge in [0.05, 0.1) is 18.8 Å². The highest BCUT2D eigenvalue weighted by molar-refractivity contribution is 7.17. The number of benzene rings is 1. The van der Waals surface area contributed by atoms with Gasteiger partial charge in [0, 0.05) is 18.3 Å². The molecule has 1 aromatic carbocycles. The summed E-state index contributed by atoms with van der Waals surface area (Å²) in [5.41, 5.74) is 2.53. The third-order valence-electron chi connectivity index (χ3n) is 5.48. The third-order valence-corrected chi connectivity index (χ3v) is 6.67. The molecule has 1 aliphatic heterocycles. The second-order valence-electron chi connectivity index (χ2n) is 7.31. The Bertz CT molecular complexity index is 1210. The first-order valence-electron chi connectivity index (χ1n) is 9.88. The van der Waals surface area contributed by atoms with Crippen LogP contribution in [-0.2, 0) is 0 Å². The molecule has 8 heteroatoms. The van der Waals surface area contributed by atoms with Gasteiger partial charge in [-0.2, -0.15) is 0 Å². The Morgan fingerprint density at radius 3 is 2.80 bits per heavy atom. The van der Waals surface area contributed by atoms with E-state index in [0.717, 1.165) is 46.3 Å². The van der Waals surface area contributed by atoms with Gasteiger partial charge in [0.1, 0.15) is 15.6 Å². The summed E-state index contributed by atoms with van der Waals surface area (Å²) in [5.74, 6) is 1.62. The number of thiazole rings is 1. The lowest BCUT2D eigenvalue weighted by atomic mass is 10.2. The Hall–Kier alpha value is -3.26. The summed E-state index contributed by atoms with van der Waals surface area (Å²) in [6, 6.07) is 13.5. The Labute approximate surface area is 178 Å². The van der Waals surface area contributed by atoms with Gasteiger partial charge in [0.2, 0.25) is 0 Å². The molecule has 4 aromatic rings. The van der Waals surface area contributed by atoms with Gasteiger partial charge < -0.3 is 9.64 Å². The first-order chi connectivity index (χ1) is 14.7. The quantitative estimate of drug-likeness (QED) is 0.497. The van der Waals surface area contributed by atoms with E-state index in [1.807, 2.05) is 64.9 Å². The van der Waals surface area contributed by atoms with Crippen molar-refractivity contribution < 1.29 is 9.53 Å². The first kappa shape index (κ1) is 18.7. The van der Waals surface area contributed by atoms with Crippen molar-refractivity contribution in [1.82, 2.24) is 24.5 Å². The van der Waals surface area contributed by atoms with E-state index in [9.17, 15) is 4.79 Å². The van der Waals surface area contributed by atoms with Gasteiger partial charge in [-0.15, -0.1) is 21.5 Å². The predicted molar refractivity (Wildman–Crippen MR) is 115 cm³/mol. The number of likely N-dealkylation sites (tertiary alicyclic amines) is 1. The van der Waals surface area contributed by atoms with Crippen LogP contribution in [0.3, 0.4) is 0 Å². The van der Waals surface area contributed by atoms with Crippen molar-refractivity contribution in [3.8, 4) is 16.3 Å². The lowest BCUT2D eigenvalue weighted by Crippen LogP contribution is -2.31. The molecule has 0 aliphatic carbocycles. The fraction of sp³-hybridized carbons (Fsp3) is 0.273. The van der Waals surface area contributed by atoms with Crippen LogP contribution in [0, 0.1) is 6.92 Å². The number of carbonyl (C=O) groups excluding carboxylic acids is 1. The van der Waals surface area contributed by atoms with Crippen LogP contribution in [0.5, 0.6) is 5.75 Å². The summed E-state index contributed by atoms with van der Waals surface area (Å²) < 4.78 is 7.20. The summed E-state index contributed by atoms with van der Waals surface area (Å²) >= 11 is 1.44. The molecule has 1 amide bonds. The number of hydrogen-bond acceptors (Lipinski definition) is 6. The van der Waals surface area contributed by atoms with Gasteiger partial charge in [-0.3, -0.25) is 9.20 Å². The van der Waals surface area contributed by atoms with Crippen LogP contribution in [0.1, 0.15) is 40.1 Å². The van der Waals surface area contributed by atoms with Crippen LogP contribution >= 0.6 is 11.3 Å². The lowest BCUT2D eigenvalue weighted by Gasteiger charge is -2.23. The average Bonchev–Trinajstić information content (AvgIpc) is 3.51. The van der Waals surface area contributed by atoms with E-state index in [4.69, 9.17) is 4.74 Å². The van der Waals surface area contributed by atoms with E-state index in [1.165, 1.54) is 11.3 Å². The average molecular weight is 420 g/mol. The molecule has 1 fully saturated rings. The zero-order valence-corrected chi connectivity index (χ0v) is 17.6. The number of aryl methyl sites for hydroxylation is 1. The number of hydrogen-bond donors (Lipinski definition) is 0. The summed E-state index contributed by atoms with van der Waals surface area (Å²) in [5, 5.41) is 9.49. The highest BCUT2D eigenvalue weighted by Crippen LogP contribution is 2.36. The monoisotopic (exact) mass is 419 g/mol. The number of fused-ring (bicyclic) bond motifs is 1. The Kier molecular flexibility index (Phi) is 4.71. The van der Waals surface area contributed by atoms with E-state index in [0.29, 0.717) is 11.4 Å². The third kappa shape index (κ3) is 3.13. The molecule has 5 rings (SSSR count). The van der Waals surface area contributed by atoms with Gasteiger partial charge in [0.15, 0.2) is 11.5 Å². The molecule has 0 saturated carbocycles. The van der Waals surface area contributed by atoms with E-state index in [2.05, 4.69) is 15.2 Å². The summed E-state index contributed by atoms with van der Waals surface area (Å²) in [6.07, 6.45) is 3.78. The predicted octanol–water partition coefficient (Wildman–Crippen LogP) is 4.15. The molecule has 7 nitrogen and oxygen atoms in total. The number of ether oxygens (including phenoxy) is 1. The number of pyridine rings is 1. The van der Waals surface area contributed by atoms with Crippen LogP contribution < -0.4 is 4.74 Å². The van der Waals surface area contributed by atoms with E-state index < -0.39 is 0 Å². The molecule has 30 heavy (non-hydrogen) atoms. The van der Waals surface area contributed by atoms with Crippen molar-refractivity contribution in [2.24, 2.45) is 0 Å². The van der Waals surface area contributed by atoms with E-state index >= 15 is 0 Å². The van der Waals surface area contributed by atoms with Crippen LogP contribution in [0.4, 0.5) is 0 Å². The van der Waals surface area contributed by atoms with Gasteiger partial charge >= 0.3 is 0 Å². The smallest absolute Gasteiger partial charge is 0.266 e. The number of methoxy groups -OCH3 is 1. The molecule has 0 N–H and O–H groups in total. The lowest BCUT2D eigenvalue weighted by molar-refractivity contribution is 0.0733. The number of rotatable bonds is 4. The maximum absolute atomic E-state index is 13.5. The molecule has 1 saturated heterocycles. The fourth-order valence-corrected chi connectivity index (χ4v) is 4.98. The zero-order valence-electron chi connectivity index (χ0n) is 16.8. The molecule has 152 valence electrons. The molecule has 3 aromatic heterocycles. The van der Waals surface area contributed by atoms with Crippen molar-refractivity contribution >= 4 is 22.9 Å². The van der Waals surface area contributed by atoms with Crippen LogP contribution in [-0.4, -0.2) is 44.0 Å². The standard InChI is InChI=1S/C22H21N5O2S/c1-14-19(30-21(23-14)15-8-10-16(29-2)11-9-15)22(28)26-13-5-6-17(26)20-25-24-18-7-3-4-12-27(18)20/h3-4,7-12,17H,5-6,13H2,1-2H3/t17-/m1/s1. The van der Waals surface area contributed by atoms with Gasteiger partial charge in [-0.25, -0.2) is 4.98 Å². The van der Waals surface area contributed by atoms with Crippen LogP contribution in [0.25, 0.3) is 16.2 Å². The Balaban J connectivity index is 1.45. The zero-order chi connectivity index (χ0) is 20.7.